The van der Waals surface area contributed by atoms with Crippen molar-refractivity contribution in [3.05, 3.63) is 35.6 Å². The summed E-state index contributed by atoms with van der Waals surface area (Å²) in [5.41, 5.74) is 0.522. The monoisotopic (exact) mass is 349 g/mol. The lowest BCUT2D eigenvalue weighted by Gasteiger charge is -2.50. The molecule has 1 spiro atoms. The molecule has 3 amide bonds. The van der Waals surface area contributed by atoms with E-state index in [1.54, 1.807) is 19.2 Å². The summed E-state index contributed by atoms with van der Waals surface area (Å²) in [4.78, 5) is 23.9. The van der Waals surface area contributed by atoms with Crippen molar-refractivity contribution in [3.8, 4) is 0 Å². The molecule has 0 aromatic heterocycles. The molecule has 0 radical (unpaired) electrons. The topological polar surface area (TPSA) is 79.5 Å². The Morgan fingerprint density at radius 2 is 2.12 bits per heavy atom. The van der Waals surface area contributed by atoms with Crippen LogP contribution >= 0.6 is 0 Å². The van der Waals surface area contributed by atoms with Crippen molar-refractivity contribution in [2.45, 2.75) is 49.8 Å². The van der Waals surface area contributed by atoms with Gasteiger partial charge in [0.2, 0.25) is 5.91 Å². The predicted octanol–water partition coefficient (Wildman–Crippen LogP) is 2.01. The van der Waals surface area contributed by atoms with Gasteiger partial charge in [0.05, 0.1) is 17.7 Å². The van der Waals surface area contributed by atoms with Crippen LogP contribution in [0.3, 0.4) is 0 Å². The maximum atomic E-state index is 13.0. The number of methoxy groups -OCH3 is 1. The molecule has 1 heterocycles. The second-order valence-electron chi connectivity index (χ2n) is 6.78. The minimum Gasteiger partial charge on any atom is -0.375 e. The zero-order valence-electron chi connectivity index (χ0n) is 14.3. The Morgan fingerprint density at radius 3 is 2.72 bits per heavy atom. The second kappa shape index (κ2) is 7.39. The number of halogens is 1. The zero-order chi connectivity index (χ0) is 17.9. The van der Waals surface area contributed by atoms with Crippen LogP contribution < -0.4 is 16.0 Å². The molecule has 1 aromatic carbocycles. The van der Waals surface area contributed by atoms with E-state index < -0.39 is 0 Å². The Bertz CT molecular complexity index is 631. The summed E-state index contributed by atoms with van der Waals surface area (Å²) in [6, 6.07) is 5.69. The summed E-state index contributed by atoms with van der Waals surface area (Å²) in [5.74, 6) is -0.247. The maximum absolute atomic E-state index is 13.0. The Hall–Kier alpha value is -2.15. The number of benzene rings is 1. The first-order valence-electron chi connectivity index (χ1n) is 8.66. The lowest BCUT2D eigenvalue weighted by molar-refractivity contribution is -0.127. The van der Waals surface area contributed by atoms with Crippen LogP contribution in [-0.2, 0) is 9.53 Å². The van der Waals surface area contributed by atoms with E-state index in [-0.39, 0.29) is 42.0 Å². The molecule has 2 aliphatic rings. The van der Waals surface area contributed by atoms with Gasteiger partial charge >= 0.3 is 6.03 Å². The van der Waals surface area contributed by atoms with Crippen LogP contribution in [0.25, 0.3) is 0 Å². The predicted molar refractivity (Wildman–Crippen MR) is 90.4 cm³/mol. The highest BCUT2D eigenvalue weighted by Crippen LogP contribution is 2.38. The van der Waals surface area contributed by atoms with Gasteiger partial charge in [0.1, 0.15) is 5.82 Å². The molecule has 6 nitrogen and oxygen atoms in total. The van der Waals surface area contributed by atoms with Crippen molar-refractivity contribution in [1.29, 1.82) is 0 Å². The largest absolute Gasteiger partial charge is 0.375 e. The van der Waals surface area contributed by atoms with Gasteiger partial charge < -0.3 is 20.7 Å². The highest BCUT2D eigenvalue weighted by molar-refractivity contribution is 5.79. The normalized spacial score (nSPS) is 22.6. The van der Waals surface area contributed by atoms with Crippen molar-refractivity contribution in [1.82, 2.24) is 16.0 Å². The fourth-order valence-electron chi connectivity index (χ4n) is 3.63. The first-order chi connectivity index (χ1) is 12.0. The Labute approximate surface area is 146 Å². The number of hydrogen-bond acceptors (Lipinski definition) is 3. The molecule has 2 atom stereocenters. The third-order valence-corrected chi connectivity index (χ3v) is 5.24. The molecule has 7 heteroatoms. The van der Waals surface area contributed by atoms with Gasteiger partial charge in [-0.2, -0.15) is 0 Å². The first kappa shape index (κ1) is 17.7. The average molecular weight is 349 g/mol. The number of nitrogens with one attached hydrogen (secondary N) is 3. The van der Waals surface area contributed by atoms with Crippen LogP contribution in [0.1, 0.15) is 43.8 Å². The van der Waals surface area contributed by atoms with Crippen molar-refractivity contribution < 1.29 is 18.7 Å². The number of hydrogen-bond donors (Lipinski definition) is 3. The van der Waals surface area contributed by atoms with Gasteiger partial charge in [0.15, 0.2) is 0 Å². The van der Waals surface area contributed by atoms with Gasteiger partial charge in [-0.1, -0.05) is 12.1 Å². The van der Waals surface area contributed by atoms with Crippen LogP contribution in [-0.4, -0.2) is 37.2 Å². The number of carbonyl (C=O) groups excluding carboxylic acids is 2. The summed E-state index contributed by atoms with van der Waals surface area (Å²) in [6.45, 7) is 0.278. The Balaban J connectivity index is 1.53. The molecule has 0 unspecified atom stereocenters. The fourth-order valence-corrected chi connectivity index (χ4v) is 3.63. The van der Waals surface area contributed by atoms with Gasteiger partial charge in [-0.25, -0.2) is 9.18 Å². The van der Waals surface area contributed by atoms with Gasteiger partial charge in [0, 0.05) is 20.1 Å². The lowest BCUT2D eigenvalue weighted by atomic mass is 9.68. The summed E-state index contributed by atoms with van der Waals surface area (Å²) < 4.78 is 18.4. The van der Waals surface area contributed by atoms with Gasteiger partial charge in [-0.15, -0.1) is 0 Å². The zero-order valence-corrected chi connectivity index (χ0v) is 14.3. The van der Waals surface area contributed by atoms with E-state index in [1.807, 2.05) is 0 Å². The average Bonchev–Trinajstić information content (AvgIpc) is 2.57. The van der Waals surface area contributed by atoms with Crippen LogP contribution in [0.15, 0.2) is 24.3 Å². The number of amides is 3. The van der Waals surface area contributed by atoms with Crippen LogP contribution in [0.5, 0.6) is 0 Å². The molecular weight excluding hydrogens is 325 g/mol. The molecule has 3 rings (SSSR count). The maximum Gasteiger partial charge on any atom is 0.315 e. The van der Waals surface area contributed by atoms with Crippen LogP contribution in [0.4, 0.5) is 9.18 Å². The van der Waals surface area contributed by atoms with Gasteiger partial charge in [-0.05, 0) is 43.4 Å². The highest BCUT2D eigenvalue weighted by Gasteiger charge is 2.48. The standard InChI is InChI=1S/C18H24FN3O3/c1-25-14(12-3-5-13(19)6-4-12)11-20-17(24)21-15-7-8-16(23)22-18(15)9-2-10-18/h3-6,14-15H,2,7-11H2,1H3,(H,22,23)(H2,20,21,24)/t14-,15+/m0/s1. The van der Waals surface area contributed by atoms with E-state index in [2.05, 4.69) is 16.0 Å². The molecule has 25 heavy (non-hydrogen) atoms. The molecule has 1 aromatic rings. The van der Waals surface area contributed by atoms with E-state index in [4.69, 9.17) is 4.74 Å². The van der Waals surface area contributed by atoms with E-state index in [0.29, 0.717) is 12.8 Å². The molecule has 1 aliphatic carbocycles. The number of ether oxygens (including phenoxy) is 1. The van der Waals surface area contributed by atoms with E-state index in [0.717, 1.165) is 24.8 Å². The minimum atomic E-state index is -0.352. The van der Waals surface area contributed by atoms with Crippen molar-refractivity contribution in [3.63, 3.8) is 0 Å². The summed E-state index contributed by atoms with van der Waals surface area (Å²) >= 11 is 0. The van der Waals surface area contributed by atoms with E-state index >= 15 is 0 Å². The SMILES string of the molecule is CO[C@@H](CNC(=O)N[C@@H]1CCC(=O)NC12CCC2)c1ccc(F)cc1. The van der Waals surface area contributed by atoms with Crippen molar-refractivity contribution in [2.75, 3.05) is 13.7 Å². The third kappa shape index (κ3) is 3.92. The molecule has 1 aliphatic heterocycles. The summed E-state index contributed by atoms with van der Waals surface area (Å²) in [7, 11) is 1.55. The second-order valence-corrected chi connectivity index (χ2v) is 6.78. The van der Waals surface area contributed by atoms with Crippen molar-refractivity contribution in [2.24, 2.45) is 0 Å². The molecule has 0 bridgehead atoms. The lowest BCUT2D eigenvalue weighted by Crippen LogP contribution is -2.69. The fraction of sp³-hybridized carbons (Fsp3) is 0.556. The van der Waals surface area contributed by atoms with Crippen LogP contribution in [0.2, 0.25) is 0 Å². The molecule has 1 saturated heterocycles. The van der Waals surface area contributed by atoms with E-state index in [1.165, 1.54) is 12.1 Å². The summed E-state index contributed by atoms with van der Waals surface area (Å²) in [6.07, 6.45) is 3.61. The molecule has 2 fully saturated rings. The molecular formula is C18H24FN3O3. The smallest absolute Gasteiger partial charge is 0.315 e. The number of rotatable bonds is 5. The quantitative estimate of drug-likeness (QED) is 0.761. The van der Waals surface area contributed by atoms with Crippen molar-refractivity contribution >= 4 is 11.9 Å². The number of piperidine rings is 1. The van der Waals surface area contributed by atoms with Gasteiger partial charge in [0.25, 0.3) is 0 Å². The van der Waals surface area contributed by atoms with Crippen LogP contribution in [0, 0.1) is 5.82 Å². The molecule has 3 N–H and O–H groups in total. The molecule has 1 saturated carbocycles. The Morgan fingerprint density at radius 1 is 1.40 bits per heavy atom. The highest BCUT2D eigenvalue weighted by atomic mass is 19.1. The third-order valence-electron chi connectivity index (χ3n) is 5.24. The van der Waals surface area contributed by atoms with E-state index in [9.17, 15) is 14.0 Å². The molecule has 136 valence electrons. The summed E-state index contributed by atoms with van der Waals surface area (Å²) in [5, 5.41) is 8.85. The Kier molecular flexibility index (Phi) is 5.22. The minimum absolute atomic E-state index is 0.0502. The number of carbonyl (C=O) groups is 2. The first-order valence-corrected chi connectivity index (χ1v) is 8.66. The van der Waals surface area contributed by atoms with Gasteiger partial charge in [-0.3, -0.25) is 4.79 Å². The number of urea groups is 1.